The number of aryl methyl sites for hydroxylation is 1. The molecular formula is C18H20F3N3O5S. The maximum absolute atomic E-state index is 12.5. The highest BCUT2D eigenvalue weighted by molar-refractivity contribution is 7.89. The molecule has 1 N–H and O–H groups in total. The first kappa shape index (κ1) is 22.1. The van der Waals surface area contributed by atoms with Crippen molar-refractivity contribution in [2.24, 2.45) is 0 Å². The smallest absolute Gasteiger partial charge is 0.406 e. The average molecular weight is 447 g/mol. The predicted octanol–water partition coefficient (Wildman–Crippen LogP) is 2.91. The minimum absolute atomic E-state index is 0.0713. The molecule has 2 heterocycles. The number of ether oxygens (including phenoxy) is 1. The van der Waals surface area contributed by atoms with Crippen LogP contribution in [0, 0.1) is 6.92 Å². The van der Waals surface area contributed by atoms with Gasteiger partial charge in [0.25, 0.3) is 0 Å². The Morgan fingerprint density at radius 2 is 2.03 bits per heavy atom. The van der Waals surface area contributed by atoms with Crippen molar-refractivity contribution in [3.63, 3.8) is 0 Å². The zero-order valence-corrected chi connectivity index (χ0v) is 16.8. The fraction of sp³-hybridized carbons (Fsp3) is 0.444. The van der Waals surface area contributed by atoms with Crippen LogP contribution in [-0.4, -0.2) is 43.8 Å². The van der Waals surface area contributed by atoms with Gasteiger partial charge in [0.2, 0.25) is 15.9 Å². The molecule has 1 atom stereocenters. The number of hydrogen-bond acceptors (Lipinski definition) is 6. The van der Waals surface area contributed by atoms with E-state index in [0.717, 1.165) is 37.1 Å². The van der Waals surface area contributed by atoms with Gasteiger partial charge < -0.3 is 14.2 Å². The molecule has 0 saturated carbocycles. The van der Waals surface area contributed by atoms with Gasteiger partial charge in [-0.15, -0.1) is 13.2 Å². The van der Waals surface area contributed by atoms with E-state index in [1.807, 2.05) is 0 Å². The molecule has 1 aromatic heterocycles. The number of likely N-dealkylation sites (tertiary alicyclic amines) is 1. The highest BCUT2D eigenvalue weighted by atomic mass is 32.2. The van der Waals surface area contributed by atoms with Crippen LogP contribution in [0.2, 0.25) is 0 Å². The summed E-state index contributed by atoms with van der Waals surface area (Å²) in [6.07, 6.45) is -3.40. The number of carbonyl (C=O) groups is 1. The summed E-state index contributed by atoms with van der Waals surface area (Å²) < 4.78 is 72.4. The molecule has 12 heteroatoms. The largest absolute Gasteiger partial charge is 0.573 e. The summed E-state index contributed by atoms with van der Waals surface area (Å²) >= 11 is 0. The summed E-state index contributed by atoms with van der Waals surface area (Å²) in [5.74, 6) is -0.164. The molecule has 0 spiro atoms. The van der Waals surface area contributed by atoms with Crippen LogP contribution >= 0.6 is 0 Å². The van der Waals surface area contributed by atoms with Gasteiger partial charge in [0.15, 0.2) is 5.76 Å². The van der Waals surface area contributed by atoms with Crippen LogP contribution in [0.5, 0.6) is 5.75 Å². The number of rotatable bonds is 7. The summed E-state index contributed by atoms with van der Waals surface area (Å²) in [6.45, 7) is 2.17. The van der Waals surface area contributed by atoms with E-state index in [2.05, 4.69) is 14.6 Å². The fourth-order valence-electron chi connectivity index (χ4n) is 3.24. The lowest BCUT2D eigenvalue weighted by Crippen LogP contribution is -2.34. The van der Waals surface area contributed by atoms with E-state index in [1.165, 1.54) is 0 Å². The van der Waals surface area contributed by atoms with Crippen LogP contribution in [-0.2, 0) is 14.8 Å². The monoisotopic (exact) mass is 447 g/mol. The minimum Gasteiger partial charge on any atom is -0.406 e. The first-order chi connectivity index (χ1) is 14.0. The van der Waals surface area contributed by atoms with Crippen molar-refractivity contribution in [2.45, 2.75) is 43.5 Å². The average Bonchev–Trinajstić information content (AvgIpc) is 3.29. The Bertz CT molecular complexity index is 989. The van der Waals surface area contributed by atoms with Crippen LogP contribution in [0.3, 0.4) is 0 Å². The molecule has 30 heavy (non-hydrogen) atoms. The molecule has 1 aliphatic heterocycles. The van der Waals surface area contributed by atoms with E-state index < -0.39 is 22.1 Å². The Hall–Kier alpha value is -2.60. The van der Waals surface area contributed by atoms with Gasteiger partial charge >= 0.3 is 6.36 Å². The van der Waals surface area contributed by atoms with Crippen molar-refractivity contribution < 1.29 is 35.6 Å². The van der Waals surface area contributed by atoms with Crippen LogP contribution < -0.4 is 9.46 Å². The number of hydrogen-bond donors (Lipinski definition) is 1. The lowest BCUT2D eigenvalue weighted by atomic mass is 10.1. The number of carbonyl (C=O) groups excluding carboxylic acids is 1. The number of benzene rings is 1. The molecule has 1 aliphatic rings. The van der Waals surface area contributed by atoms with Crippen LogP contribution in [0.15, 0.2) is 39.8 Å². The standard InChI is InChI=1S/C18H20F3N3O5S/c1-12-11-16(29-23-12)15-3-2-10-24(15)17(25)8-9-22-30(26,27)14-6-4-13(5-7-14)28-18(19,20)21/h4-7,11,15,22H,2-3,8-10H2,1H3. The van der Waals surface area contributed by atoms with Crippen LogP contribution in [0.4, 0.5) is 13.2 Å². The molecule has 8 nitrogen and oxygen atoms in total. The van der Waals surface area contributed by atoms with Crippen LogP contribution in [0.1, 0.15) is 36.8 Å². The third-order valence-electron chi connectivity index (χ3n) is 4.55. The number of nitrogens with one attached hydrogen (secondary N) is 1. The number of alkyl halides is 3. The Morgan fingerprint density at radius 3 is 2.63 bits per heavy atom. The second-order valence-corrected chi connectivity index (χ2v) is 8.55. The molecule has 0 bridgehead atoms. The molecule has 1 unspecified atom stereocenters. The zero-order chi connectivity index (χ0) is 21.9. The van der Waals surface area contributed by atoms with E-state index in [-0.39, 0.29) is 29.8 Å². The van der Waals surface area contributed by atoms with E-state index in [4.69, 9.17) is 4.52 Å². The maximum atomic E-state index is 12.5. The summed E-state index contributed by atoms with van der Waals surface area (Å²) in [4.78, 5) is 13.9. The highest BCUT2D eigenvalue weighted by Gasteiger charge is 2.33. The topological polar surface area (TPSA) is 102 Å². The number of halogens is 3. The van der Waals surface area contributed by atoms with Gasteiger partial charge in [0, 0.05) is 25.6 Å². The van der Waals surface area contributed by atoms with Gasteiger partial charge in [-0.25, -0.2) is 13.1 Å². The third-order valence-corrected chi connectivity index (χ3v) is 6.02. The number of nitrogens with zero attached hydrogens (tertiary/aromatic N) is 2. The van der Waals surface area contributed by atoms with Gasteiger partial charge in [0.1, 0.15) is 5.75 Å². The van der Waals surface area contributed by atoms with Crippen molar-refractivity contribution in [2.75, 3.05) is 13.1 Å². The SMILES string of the molecule is Cc1cc(C2CCCN2C(=O)CCNS(=O)(=O)c2ccc(OC(F)(F)F)cc2)on1. The Labute approximate surface area is 171 Å². The van der Waals surface area contributed by atoms with Gasteiger partial charge in [0.05, 0.1) is 16.6 Å². The number of aromatic nitrogens is 1. The molecule has 1 aromatic carbocycles. The normalized spacial score (nSPS) is 17.3. The Balaban J connectivity index is 1.55. The minimum atomic E-state index is -4.86. The maximum Gasteiger partial charge on any atom is 0.573 e. The molecule has 0 radical (unpaired) electrons. The molecule has 1 amide bonds. The quantitative estimate of drug-likeness (QED) is 0.700. The summed E-state index contributed by atoms with van der Waals surface area (Å²) in [6, 6.07) is 5.34. The van der Waals surface area contributed by atoms with Crippen molar-refractivity contribution in [1.82, 2.24) is 14.8 Å². The van der Waals surface area contributed by atoms with Gasteiger partial charge in [-0.2, -0.15) is 0 Å². The van der Waals surface area contributed by atoms with Crippen molar-refractivity contribution in [1.29, 1.82) is 0 Å². The first-order valence-corrected chi connectivity index (χ1v) is 10.6. The van der Waals surface area contributed by atoms with Gasteiger partial charge in [-0.3, -0.25) is 4.79 Å². The van der Waals surface area contributed by atoms with Crippen molar-refractivity contribution >= 4 is 15.9 Å². The molecule has 0 aliphatic carbocycles. The Morgan fingerprint density at radius 1 is 1.33 bits per heavy atom. The second kappa shape index (κ2) is 8.64. The number of amides is 1. The van der Waals surface area contributed by atoms with Gasteiger partial charge in [-0.05, 0) is 44.0 Å². The fourth-order valence-corrected chi connectivity index (χ4v) is 4.27. The zero-order valence-electron chi connectivity index (χ0n) is 16.0. The summed E-state index contributed by atoms with van der Waals surface area (Å²) in [5, 5.41) is 3.83. The number of sulfonamides is 1. The molecule has 1 fully saturated rings. The predicted molar refractivity (Wildman–Crippen MR) is 97.9 cm³/mol. The summed E-state index contributed by atoms with van der Waals surface area (Å²) in [7, 11) is -3.99. The lowest BCUT2D eigenvalue weighted by molar-refractivity contribution is -0.274. The first-order valence-electron chi connectivity index (χ1n) is 9.13. The third kappa shape index (κ3) is 5.51. The highest BCUT2D eigenvalue weighted by Crippen LogP contribution is 2.32. The van der Waals surface area contributed by atoms with E-state index in [1.54, 1.807) is 17.9 Å². The summed E-state index contributed by atoms with van der Waals surface area (Å²) in [5.41, 5.74) is 0.712. The van der Waals surface area contributed by atoms with Crippen LogP contribution in [0.25, 0.3) is 0 Å². The van der Waals surface area contributed by atoms with E-state index in [9.17, 15) is 26.4 Å². The molecule has 1 saturated heterocycles. The lowest BCUT2D eigenvalue weighted by Gasteiger charge is -2.22. The molecule has 2 aromatic rings. The molecule has 3 rings (SSSR count). The second-order valence-electron chi connectivity index (χ2n) is 6.78. The van der Waals surface area contributed by atoms with E-state index in [0.29, 0.717) is 18.0 Å². The van der Waals surface area contributed by atoms with Crippen molar-refractivity contribution in [3.05, 3.63) is 41.8 Å². The molecule has 164 valence electrons. The van der Waals surface area contributed by atoms with E-state index >= 15 is 0 Å². The Kier molecular flexibility index (Phi) is 6.36. The van der Waals surface area contributed by atoms with Gasteiger partial charge in [-0.1, -0.05) is 5.16 Å². The molecular weight excluding hydrogens is 427 g/mol. The van der Waals surface area contributed by atoms with Crippen molar-refractivity contribution in [3.8, 4) is 5.75 Å².